The first-order chi connectivity index (χ1) is 12.5. The van der Waals surface area contributed by atoms with Gasteiger partial charge in [-0.3, -0.25) is 14.4 Å². The molecule has 3 saturated heterocycles. The van der Waals surface area contributed by atoms with Crippen LogP contribution in [0.4, 0.5) is 5.69 Å². The fourth-order valence-electron chi connectivity index (χ4n) is 5.45. The maximum absolute atomic E-state index is 13.5. The zero-order valence-corrected chi connectivity index (χ0v) is 14.8. The highest BCUT2D eigenvalue weighted by Crippen LogP contribution is 2.62. The number of carbonyl (C=O) groups is 2. The van der Waals surface area contributed by atoms with E-state index in [0.717, 1.165) is 5.56 Å². The van der Waals surface area contributed by atoms with Gasteiger partial charge >= 0.3 is 0 Å². The number of Topliss-reactive ketones (excluding diaryl/α,β-unsaturated/α-hetero) is 1. The van der Waals surface area contributed by atoms with Gasteiger partial charge in [-0.1, -0.05) is 25.1 Å². The minimum Gasteiger partial charge on any atom is -0.373 e. The maximum Gasteiger partial charge on any atom is 0.264 e. The molecule has 0 aromatic heterocycles. The Labute approximate surface area is 151 Å². The van der Waals surface area contributed by atoms with Crippen LogP contribution in [-0.4, -0.2) is 49.3 Å². The van der Waals surface area contributed by atoms with Crippen molar-refractivity contribution in [2.75, 3.05) is 18.8 Å². The van der Waals surface area contributed by atoms with Gasteiger partial charge in [0.2, 0.25) is 0 Å². The predicted molar refractivity (Wildman–Crippen MR) is 91.3 cm³/mol. The standard InChI is InChI=1S/C19H22N2O5/c1-3-14(22)19-11-9-25-15(16(19)26-19)18(8-12(11)20)10-6-4-5-7-13(10)21(24-2)17(18)23/h4-7,11-12,15-16H,3,8-9,20H2,1-2H3/t11-,12+,15+,16+,18+,19+/m1/s1. The van der Waals surface area contributed by atoms with Gasteiger partial charge in [-0.2, -0.15) is 5.06 Å². The average molecular weight is 358 g/mol. The number of ether oxygens (including phenoxy) is 2. The van der Waals surface area contributed by atoms with E-state index in [1.165, 1.54) is 12.2 Å². The number of nitrogens with two attached hydrogens (primary N) is 1. The van der Waals surface area contributed by atoms with E-state index < -0.39 is 23.2 Å². The Hall–Kier alpha value is -1.80. The molecule has 1 aromatic carbocycles. The van der Waals surface area contributed by atoms with Crippen LogP contribution in [0, 0.1) is 5.92 Å². The summed E-state index contributed by atoms with van der Waals surface area (Å²) in [5.74, 6) is -0.375. The molecule has 1 spiro atoms. The number of hydroxylamine groups is 1. The van der Waals surface area contributed by atoms with Crippen molar-refractivity contribution in [1.29, 1.82) is 0 Å². The molecule has 2 bridgehead atoms. The van der Waals surface area contributed by atoms with E-state index in [1.54, 1.807) is 0 Å². The summed E-state index contributed by atoms with van der Waals surface area (Å²) in [4.78, 5) is 31.6. The van der Waals surface area contributed by atoms with Crippen LogP contribution in [0.2, 0.25) is 0 Å². The molecule has 2 N–H and O–H groups in total. The summed E-state index contributed by atoms with van der Waals surface area (Å²) in [6.07, 6.45) is -0.183. The van der Waals surface area contributed by atoms with Gasteiger partial charge in [-0.15, -0.1) is 0 Å². The van der Waals surface area contributed by atoms with Crippen LogP contribution in [0.5, 0.6) is 0 Å². The molecule has 1 aliphatic carbocycles. The topological polar surface area (TPSA) is 94.4 Å². The molecular formula is C19H22N2O5. The quantitative estimate of drug-likeness (QED) is 0.799. The third-order valence-electron chi connectivity index (χ3n) is 6.64. The molecule has 4 heterocycles. The summed E-state index contributed by atoms with van der Waals surface area (Å²) < 4.78 is 12.2. The fourth-order valence-corrected chi connectivity index (χ4v) is 5.45. The lowest BCUT2D eigenvalue weighted by molar-refractivity contribution is -0.138. The summed E-state index contributed by atoms with van der Waals surface area (Å²) in [5.41, 5.74) is 6.21. The molecular weight excluding hydrogens is 336 g/mol. The smallest absolute Gasteiger partial charge is 0.264 e. The highest BCUT2D eigenvalue weighted by atomic mass is 16.7. The number of para-hydroxylation sites is 1. The molecule has 1 aromatic rings. The maximum atomic E-state index is 13.5. The number of carbonyl (C=O) groups excluding carboxylic acids is 2. The van der Waals surface area contributed by atoms with Crippen molar-refractivity contribution in [1.82, 2.24) is 0 Å². The van der Waals surface area contributed by atoms with Crippen LogP contribution in [0.3, 0.4) is 0 Å². The summed E-state index contributed by atoms with van der Waals surface area (Å²) >= 11 is 0. The van der Waals surface area contributed by atoms with Crippen molar-refractivity contribution in [3.63, 3.8) is 0 Å². The van der Waals surface area contributed by atoms with Gasteiger partial charge in [-0.05, 0) is 18.1 Å². The van der Waals surface area contributed by atoms with Crippen molar-refractivity contribution in [2.45, 2.75) is 49.0 Å². The van der Waals surface area contributed by atoms with Crippen molar-refractivity contribution < 1.29 is 23.9 Å². The molecule has 26 heavy (non-hydrogen) atoms. The first-order valence-corrected chi connectivity index (χ1v) is 9.08. The summed E-state index contributed by atoms with van der Waals surface area (Å²) in [6, 6.07) is 7.16. The molecule has 0 unspecified atom stereocenters. The second-order valence-corrected chi connectivity index (χ2v) is 7.61. The third-order valence-corrected chi connectivity index (χ3v) is 6.64. The van der Waals surface area contributed by atoms with E-state index in [9.17, 15) is 9.59 Å². The number of amides is 1. The van der Waals surface area contributed by atoms with Gasteiger partial charge in [0.25, 0.3) is 5.91 Å². The Morgan fingerprint density at radius 1 is 1.38 bits per heavy atom. The second-order valence-electron chi connectivity index (χ2n) is 7.61. The molecule has 5 aliphatic rings. The highest BCUT2D eigenvalue weighted by Gasteiger charge is 2.79. The SMILES string of the molecule is CCC(=O)[C@]12O[C@H]1[C@@H]1OC[C@@H]2[C@@H](N)C[C@@]12C(=O)N(OC)c1ccccc12. The van der Waals surface area contributed by atoms with Gasteiger partial charge in [0.05, 0.1) is 19.4 Å². The van der Waals surface area contributed by atoms with Crippen molar-refractivity contribution in [2.24, 2.45) is 11.7 Å². The van der Waals surface area contributed by atoms with E-state index in [2.05, 4.69) is 0 Å². The van der Waals surface area contributed by atoms with Crippen molar-refractivity contribution in [3.8, 4) is 0 Å². The normalized spacial score (nSPS) is 42.6. The Bertz CT molecular complexity index is 813. The Kier molecular flexibility index (Phi) is 3.23. The minimum atomic E-state index is -0.988. The van der Waals surface area contributed by atoms with E-state index >= 15 is 0 Å². The summed E-state index contributed by atoms with van der Waals surface area (Å²) in [6.45, 7) is 2.16. The van der Waals surface area contributed by atoms with Gasteiger partial charge in [0.1, 0.15) is 17.6 Å². The first kappa shape index (κ1) is 16.4. The Morgan fingerprint density at radius 3 is 2.88 bits per heavy atom. The summed E-state index contributed by atoms with van der Waals surface area (Å²) in [5, 5.41) is 1.32. The van der Waals surface area contributed by atoms with Crippen molar-refractivity contribution >= 4 is 17.4 Å². The van der Waals surface area contributed by atoms with Crippen LogP contribution >= 0.6 is 0 Å². The predicted octanol–water partition coefficient (Wildman–Crippen LogP) is 0.695. The van der Waals surface area contributed by atoms with Crippen LogP contribution < -0.4 is 10.8 Å². The lowest BCUT2D eigenvalue weighted by atomic mass is 9.72. The minimum absolute atomic E-state index is 0.0515. The molecule has 0 radical (unpaired) electrons. The highest BCUT2D eigenvalue weighted by molar-refractivity contribution is 6.08. The number of fused-ring (bicyclic) bond motifs is 3. The number of epoxide rings is 1. The number of hydrogen-bond donors (Lipinski definition) is 1. The largest absolute Gasteiger partial charge is 0.373 e. The molecule has 138 valence electrons. The lowest BCUT2D eigenvalue weighted by Crippen LogP contribution is -2.54. The number of ketones is 1. The van der Waals surface area contributed by atoms with Gasteiger partial charge < -0.3 is 15.2 Å². The van der Waals surface area contributed by atoms with E-state index in [4.69, 9.17) is 20.0 Å². The molecule has 7 nitrogen and oxygen atoms in total. The Morgan fingerprint density at radius 2 is 2.15 bits per heavy atom. The van der Waals surface area contributed by atoms with Gasteiger partial charge in [-0.25, -0.2) is 0 Å². The number of benzene rings is 1. The zero-order valence-electron chi connectivity index (χ0n) is 14.8. The fraction of sp³-hybridized carbons (Fsp3) is 0.579. The molecule has 1 amide bonds. The van der Waals surface area contributed by atoms with Crippen LogP contribution in [0.1, 0.15) is 25.3 Å². The first-order valence-electron chi connectivity index (χ1n) is 9.08. The average Bonchev–Trinajstić information content (AvgIpc) is 3.40. The number of anilines is 1. The molecule has 6 rings (SSSR count). The molecule has 7 heteroatoms. The van der Waals surface area contributed by atoms with E-state index in [1.807, 2.05) is 31.2 Å². The molecule has 4 fully saturated rings. The van der Waals surface area contributed by atoms with Crippen LogP contribution in [-0.2, 0) is 29.3 Å². The van der Waals surface area contributed by atoms with Crippen molar-refractivity contribution in [3.05, 3.63) is 29.8 Å². The monoisotopic (exact) mass is 358 g/mol. The Balaban J connectivity index is 1.70. The molecule has 6 atom stereocenters. The van der Waals surface area contributed by atoms with E-state index in [0.29, 0.717) is 25.1 Å². The second kappa shape index (κ2) is 5.13. The number of rotatable bonds is 3. The number of nitrogens with zero attached hydrogens (tertiary/aromatic N) is 1. The number of hydrogen-bond acceptors (Lipinski definition) is 6. The van der Waals surface area contributed by atoms with E-state index in [-0.39, 0.29) is 23.7 Å². The van der Waals surface area contributed by atoms with Gasteiger partial charge in [0.15, 0.2) is 11.4 Å². The molecule has 1 saturated carbocycles. The zero-order chi connectivity index (χ0) is 18.3. The van der Waals surface area contributed by atoms with Gasteiger partial charge in [0, 0.05) is 18.4 Å². The summed E-state index contributed by atoms with van der Waals surface area (Å²) in [7, 11) is 1.47. The van der Waals surface area contributed by atoms with Crippen LogP contribution in [0.15, 0.2) is 24.3 Å². The lowest BCUT2D eigenvalue weighted by Gasteiger charge is -2.35. The third kappa shape index (κ3) is 1.63. The molecule has 4 aliphatic heterocycles. The van der Waals surface area contributed by atoms with Crippen LogP contribution in [0.25, 0.3) is 0 Å².